The van der Waals surface area contributed by atoms with Crippen molar-refractivity contribution in [1.29, 1.82) is 0 Å². The van der Waals surface area contributed by atoms with Gasteiger partial charge in [-0.1, -0.05) is 30.3 Å². The zero-order chi connectivity index (χ0) is 13.8. The second-order valence-corrected chi connectivity index (χ2v) is 5.55. The van der Waals surface area contributed by atoms with Gasteiger partial charge in [0.05, 0.1) is 11.6 Å². The fourth-order valence-electron chi connectivity index (χ4n) is 2.49. The summed E-state index contributed by atoms with van der Waals surface area (Å²) in [6.07, 6.45) is 1.05. The minimum absolute atomic E-state index is 0.0759. The van der Waals surface area contributed by atoms with E-state index >= 15 is 0 Å². The molecule has 3 rings (SSSR count). The van der Waals surface area contributed by atoms with E-state index < -0.39 is 0 Å². The Labute approximate surface area is 121 Å². The van der Waals surface area contributed by atoms with Crippen LogP contribution >= 0.6 is 11.3 Å². The van der Waals surface area contributed by atoms with Gasteiger partial charge in [0.25, 0.3) is 5.91 Å². The van der Waals surface area contributed by atoms with Crippen LogP contribution in [0.1, 0.15) is 28.6 Å². The van der Waals surface area contributed by atoms with Crippen LogP contribution in [-0.2, 0) is 4.74 Å². The molecular formula is C15H16N2O2S. The molecule has 1 aromatic carbocycles. The van der Waals surface area contributed by atoms with E-state index in [0.717, 1.165) is 13.0 Å². The predicted octanol–water partition coefficient (Wildman–Crippen LogP) is 2.65. The first kappa shape index (κ1) is 13.3. The summed E-state index contributed by atoms with van der Waals surface area (Å²) in [6, 6.07) is 10.2. The zero-order valence-electron chi connectivity index (χ0n) is 11.0. The lowest BCUT2D eigenvalue weighted by atomic mass is 9.95. The van der Waals surface area contributed by atoms with Crippen LogP contribution in [0.2, 0.25) is 0 Å². The van der Waals surface area contributed by atoms with Crippen molar-refractivity contribution in [3.8, 4) is 0 Å². The van der Waals surface area contributed by atoms with E-state index in [-0.39, 0.29) is 12.0 Å². The van der Waals surface area contributed by atoms with E-state index in [4.69, 9.17) is 4.74 Å². The molecule has 1 aliphatic rings. The van der Waals surface area contributed by atoms with Crippen molar-refractivity contribution in [2.24, 2.45) is 5.92 Å². The van der Waals surface area contributed by atoms with Crippen molar-refractivity contribution in [1.82, 2.24) is 10.3 Å². The maximum absolute atomic E-state index is 11.9. The number of ether oxygens (including phenoxy) is 1. The highest BCUT2D eigenvalue weighted by Gasteiger charge is 2.29. The Balaban J connectivity index is 1.61. The van der Waals surface area contributed by atoms with Gasteiger partial charge in [-0.05, 0) is 12.0 Å². The van der Waals surface area contributed by atoms with E-state index in [0.29, 0.717) is 18.2 Å². The zero-order valence-corrected chi connectivity index (χ0v) is 11.8. The molecule has 1 N–H and O–H groups in total. The maximum atomic E-state index is 11.9. The van der Waals surface area contributed by atoms with Gasteiger partial charge in [0.15, 0.2) is 0 Å². The molecule has 2 heterocycles. The molecule has 1 aromatic heterocycles. The highest BCUT2D eigenvalue weighted by molar-refractivity contribution is 7.07. The van der Waals surface area contributed by atoms with Crippen LogP contribution in [0.5, 0.6) is 0 Å². The van der Waals surface area contributed by atoms with Crippen molar-refractivity contribution in [3.05, 3.63) is 52.5 Å². The third kappa shape index (κ3) is 2.89. The van der Waals surface area contributed by atoms with Crippen LogP contribution in [0.4, 0.5) is 0 Å². The van der Waals surface area contributed by atoms with Crippen molar-refractivity contribution in [3.63, 3.8) is 0 Å². The molecule has 1 saturated heterocycles. The second kappa shape index (κ2) is 6.15. The predicted molar refractivity (Wildman–Crippen MR) is 77.7 cm³/mol. The lowest BCUT2D eigenvalue weighted by Gasteiger charge is -2.19. The smallest absolute Gasteiger partial charge is 0.270 e. The molecule has 1 aliphatic heterocycles. The van der Waals surface area contributed by atoms with Gasteiger partial charge in [-0.2, -0.15) is 0 Å². The van der Waals surface area contributed by atoms with Crippen LogP contribution in [-0.4, -0.2) is 24.0 Å². The molecule has 2 atom stereocenters. The summed E-state index contributed by atoms with van der Waals surface area (Å²) in [5, 5.41) is 4.71. The number of thiazole rings is 1. The van der Waals surface area contributed by atoms with Crippen molar-refractivity contribution in [2.45, 2.75) is 12.5 Å². The molecule has 0 aliphatic carbocycles. The normalized spacial score (nSPS) is 21.8. The van der Waals surface area contributed by atoms with E-state index in [1.165, 1.54) is 16.9 Å². The molecule has 0 unspecified atom stereocenters. The van der Waals surface area contributed by atoms with Gasteiger partial charge >= 0.3 is 0 Å². The van der Waals surface area contributed by atoms with Gasteiger partial charge in [-0.25, -0.2) is 4.98 Å². The minimum atomic E-state index is -0.107. The standard InChI is InChI=1S/C15H16N2O2S/c18-15(13-9-20-10-17-13)16-8-12-6-7-19-14(12)11-4-2-1-3-5-11/h1-5,9-10,12,14H,6-8H2,(H,16,18)/t12-,14-/m1/s1. The Kier molecular flexibility index (Phi) is 4.08. The number of benzene rings is 1. The highest BCUT2D eigenvalue weighted by Crippen LogP contribution is 2.33. The number of rotatable bonds is 4. The summed E-state index contributed by atoms with van der Waals surface area (Å²) >= 11 is 1.43. The number of amides is 1. The van der Waals surface area contributed by atoms with Gasteiger partial charge < -0.3 is 10.1 Å². The minimum Gasteiger partial charge on any atom is -0.373 e. The summed E-state index contributed by atoms with van der Waals surface area (Å²) < 4.78 is 5.81. The number of hydrogen-bond acceptors (Lipinski definition) is 4. The summed E-state index contributed by atoms with van der Waals surface area (Å²) in [7, 11) is 0. The molecule has 0 bridgehead atoms. The van der Waals surface area contributed by atoms with Crippen LogP contribution in [0.25, 0.3) is 0 Å². The first-order valence-electron chi connectivity index (χ1n) is 6.67. The molecular weight excluding hydrogens is 272 g/mol. The van der Waals surface area contributed by atoms with E-state index in [1.807, 2.05) is 18.2 Å². The highest BCUT2D eigenvalue weighted by atomic mass is 32.1. The average Bonchev–Trinajstić information content (AvgIpc) is 3.17. The van der Waals surface area contributed by atoms with Crippen LogP contribution in [0.3, 0.4) is 0 Å². The molecule has 104 valence electrons. The first-order chi connectivity index (χ1) is 9.84. The molecule has 1 fully saturated rings. The molecule has 20 heavy (non-hydrogen) atoms. The maximum Gasteiger partial charge on any atom is 0.270 e. The topological polar surface area (TPSA) is 51.2 Å². The van der Waals surface area contributed by atoms with Crippen LogP contribution < -0.4 is 5.32 Å². The van der Waals surface area contributed by atoms with Gasteiger partial charge in [0.2, 0.25) is 0 Å². The fraction of sp³-hybridized carbons (Fsp3) is 0.333. The third-order valence-corrected chi connectivity index (χ3v) is 4.12. The molecule has 0 radical (unpaired) electrons. The lowest BCUT2D eigenvalue weighted by molar-refractivity contribution is 0.0844. The van der Waals surface area contributed by atoms with Crippen molar-refractivity contribution in [2.75, 3.05) is 13.2 Å². The lowest BCUT2D eigenvalue weighted by Crippen LogP contribution is -2.30. The van der Waals surface area contributed by atoms with E-state index in [1.54, 1.807) is 10.9 Å². The van der Waals surface area contributed by atoms with Crippen LogP contribution in [0.15, 0.2) is 41.2 Å². The van der Waals surface area contributed by atoms with Crippen molar-refractivity contribution >= 4 is 17.2 Å². The Morgan fingerprint density at radius 2 is 2.25 bits per heavy atom. The molecule has 0 saturated carbocycles. The molecule has 1 amide bonds. The van der Waals surface area contributed by atoms with Gasteiger partial charge in [-0.15, -0.1) is 11.3 Å². The average molecular weight is 288 g/mol. The number of nitrogens with zero attached hydrogens (tertiary/aromatic N) is 1. The quantitative estimate of drug-likeness (QED) is 0.941. The third-order valence-electron chi connectivity index (χ3n) is 3.53. The fourth-order valence-corrected chi connectivity index (χ4v) is 3.03. The Morgan fingerprint density at radius 3 is 3.00 bits per heavy atom. The Bertz CT molecular complexity index is 557. The number of carbonyl (C=O) groups is 1. The molecule has 2 aromatic rings. The van der Waals surface area contributed by atoms with E-state index in [9.17, 15) is 4.79 Å². The van der Waals surface area contributed by atoms with Crippen LogP contribution in [0, 0.1) is 5.92 Å². The summed E-state index contributed by atoms with van der Waals surface area (Å²) in [6.45, 7) is 1.37. The monoisotopic (exact) mass is 288 g/mol. The van der Waals surface area contributed by atoms with Gasteiger partial charge in [0, 0.05) is 24.4 Å². The molecule has 4 nitrogen and oxygen atoms in total. The van der Waals surface area contributed by atoms with E-state index in [2.05, 4.69) is 22.4 Å². The second-order valence-electron chi connectivity index (χ2n) is 4.83. The number of aromatic nitrogens is 1. The summed E-state index contributed by atoms with van der Waals surface area (Å²) in [4.78, 5) is 15.9. The first-order valence-corrected chi connectivity index (χ1v) is 7.62. The summed E-state index contributed by atoms with van der Waals surface area (Å²) in [5.74, 6) is 0.213. The summed E-state index contributed by atoms with van der Waals surface area (Å²) in [5.41, 5.74) is 3.34. The Morgan fingerprint density at radius 1 is 1.40 bits per heavy atom. The number of carbonyl (C=O) groups excluding carboxylic acids is 1. The number of nitrogens with one attached hydrogen (secondary N) is 1. The van der Waals surface area contributed by atoms with Gasteiger partial charge in [0.1, 0.15) is 5.69 Å². The molecule has 5 heteroatoms. The SMILES string of the molecule is O=C(NC[C@H]1CCO[C@@H]1c1ccccc1)c1cscn1. The largest absolute Gasteiger partial charge is 0.373 e. The number of hydrogen-bond donors (Lipinski definition) is 1. The molecule has 0 spiro atoms. The Hall–Kier alpha value is -1.72. The van der Waals surface area contributed by atoms with Crippen molar-refractivity contribution < 1.29 is 9.53 Å². The van der Waals surface area contributed by atoms with Gasteiger partial charge in [-0.3, -0.25) is 4.79 Å².